The van der Waals surface area contributed by atoms with Crippen molar-refractivity contribution in [3.05, 3.63) is 11.9 Å². The maximum atomic E-state index is 11.8. The van der Waals surface area contributed by atoms with E-state index >= 15 is 0 Å². The van der Waals surface area contributed by atoms with Gasteiger partial charge in [0.15, 0.2) is 5.69 Å². The molecule has 1 aromatic rings. The number of ether oxygens (including phenoxy) is 2. The van der Waals surface area contributed by atoms with Crippen molar-refractivity contribution in [2.24, 2.45) is 5.92 Å². The lowest BCUT2D eigenvalue weighted by atomic mass is 10.2. The molecule has 1 rings (SSSR count). The molecule has 1 heterocycles. The molecule has 0 aliphatic heterocycles. The number of aryl methyl sites for hydroxylation is 1. The van der Waals surface area contributed by atoms with Crippen LogP contribution in [0.4, 0.5) is 5.69 Å². The van der Waals surface area contributed by atoms with E-state index < -0.39 is 5.97 Å². The number of nitrogens with two attached hydrogens (primary N) is 1. The van der Waals surface area contributed by atoms with Crippen LogP contribution >= 0.6 is 0 Å². The summed E-state index contributed by atoms with van der Waals surface area (Å²) in [4.78, 5) is 11.8. The van der Waals surface area contributed by atoms with E-state index in [0.717, 1.165) is 0 Å². The van der Waals surface area contributed by atoms with Crippen molar-refractivity contribution in [3.8, 4) is 0 Å². The first-order chi connectivity index (χ1) is 8.56. The number of hydrogen-bond donors (Lipinski definition) is 1. The molecule has 102 valence electrons. The van der Waals surface area contributed by atoms with Gasteiger partial charge in [0, 0.05) is 13.2 Å². The minimum absolute atomic E-state index is 0.222. The highest BCUT2D eigenvalue weighted by atomic mass is 16.6. The normalized spacial score (nSPS) is 10.9. The van der Waals surface area contributed by atoms with Crippen LogP contribution in [0.3, 0.4) is 0 Å². The summed E-state index contributed by atoms with van der Waals surface area (Å²) in [5.74, 6) is 0.0119. The molecule has 0 saturated heterocycles. The lowest BCUT2D eigenvalue weighted by Crippen LogP contribution is -2.17. The fourth-order valence-electron chi connectivity index (χ4n) is 1.44. The lowest BCUT2D eigenvalue weighted by Gasteiger charge is -2.08. The van der Waals surface area contributed by atoms with Crippen LogP contribution in [0.1, 0.15) is 31.3 Å². The summed E-state index contributed by atoms with van der Waals surface area (Å²) in [6.07, 6.45) is 1.45. The Hall–Kier alpha value is -1.56. The van der Waals surface area contributed by atoms with E-state index in [0.29, 0.717) is 37.1 Å². The Bertz CT molecular complexity index is 388. The van der Waals surface area contributed by atoms with Gasteiger partial charge in [-0.05, 0) is 12.8 Å². The van der Waals surface area contributed by atoms with Crippen LogP contribution in [0.2, 0.25) is 0 Å². The molecule has 6 heteroatoms. The van der Waals surface area contributed by atoms with Crippen LogP contribution in [-0.4, -0.2) is 35.6 Å². The summed E-state index contributed by atoms with van der Waals surface area (Å²) < 4.78 is 11.9. The van der Waals surface area contributed by atoms with Gasteiger partial charge in [0.2, 0.25) is 0 Å². The zero-order chi connectivity index (χ0) is 13.5. The number of carbonyl (C=O) groups is 1. The average Bonchev–Trinajstić information content (AvgIpc) is 2.69. The van der Waals surface area contributed by atoms with E-state index in [1.54, 1.807) is 0 Å². The summed E-state index contributed by atoms with van der Waals surface area (Å²) in [6.45, 7) is 7.86. The number of rotatable bonds is 7. The minimum Gasteiger partial charge on any atom is -0.458 e. The fraction of sp³-hybridized carbons (Fsp3) is 0.667. The molecule has 18 heavy (non-hydrogen) atoms. The van der Waals surface area contributed by atoms with E-state index in [1.165, 1.54) is 10.9 Å². The second-order valence-electron chi connectivity index (χ2n) is 4.37. The first-order valence-corrected chi connectivity index (χ1v) is 6.12. The van der Waals surface area contributed by atoms with Crippen LogP contribution in [0.15, 0.2) is 6.20 Å². The van der Waals surface area contributed by atoms with Crippen molar-refractivity contribution in [2.45, 2.75) is 27.3 Å². The molecular formula is C12H21N3O3. The van der Waals surface area contributed by atoms with Gasteiger partial charge in [-0.3, -0.25) is 4.68 Å². The van der Waals surface area contributed by atoms with Crippen LogP contribution in [0.5, 0.6) is 0 Å². The molecule has 0 bridgehead atoms. The molecule has 0 radical (unpaired) electrons. The van der Waals surface area contributed by atoms with Crippen LogP contribution < -0.4 is 5.73 Å². The second-order valence-corrected chi connectivity index (χ2v) is 4.37. The van der Waals surface area contributed by atoms with Crippen molar-refractivity contribution in [2.75, 3.05) is 25.6 Å². The molecule has 0 aliphatic rings. The highest BCUT2D eigenvalue weighted by Gasteiger charge is 2.17. The SMILES string of the molecule is CCn1ncc(N)c1C(=O)OCCOCC(C)C. The van der Waals surface area contributed by atoms with Crippen molar-refractivity contribution < 1.29 is 14.3 Å². The van der Waals surface area contributed by atoms with E-state index in [9.17, 15) is 4.79 Å². The van der Waals surface area contributed by atoms with Gasteiger partial charge in [-0.1, -0.05) is 13.8 Å². The molecule has 0 aromatic carbocycles. The van der Waals surface area contributed by atoms with Gasteiger partial charge < -0.3 is 15.2 Å². The van der Waals surface area contributed by atoms with Gasteiger partial charge in [0.25, 0.3) is 0 Å². The lowest BCUT2D eigenvalue weighted by molar-refractivity contribution is 0.0268. The number of hydrogen-bond acceptors (Lipinski definition) is 5. The Balaban J connectivity index is 2.38. The van der Waals surface area contributed by atoms with Gasteiger partial charge in [-0.2, -0.15) is 5.10 Å². The molecular weight excluding hydrogens is 234 g/mol. The summed E-state index contributed by atoms with van der Waals surface area (Å²) >= 11 is 0. The highest BCUT2D eigenvalue weighted by Crippen LogP contribution is 2.11. The maximum Gasteiger partial charge on any atom is 0.358 e. The molecule has 2 N–H and O–H groups in total. The van der Waals surface area contributed by atoms with Crippen molar-refractivity contribution in [1.29, 1.82) is 0 Å². The Kier molecular flexibility index (Phi) is 5.64. The third-order valence-corrected chi connectivity index (χ3v) is 2.27. The number of esters is 1. The number of nitrogens with zero attached hydrogens (tertiary/aromatic N) is 2. The first kappa shape index (κ1) is 14.5. The van der Waals surface area contributed by atoms with Gasteiger partial charge in [0.05, 0.1) is 18.5 Å². The Morgan fingerprint density at radius 3 is 2.83 bits per heavy atom. The van der Waals surface area contributed by atoms with Gasteiger partial charge >= 0.3 is 5.97 Å². The van der Waals surface area contributed by atoms with E-state index in [4.69, 9.17) is 15.2 Å². The molecule has 1 aromatic heterocycles. The Morgan fingerprint density at radius 2 is 2.22 bits per heavy atom. The minimum atomic E-state index is -0.458. The zero-order valence-electron chi connectivity index (χ0n) is 11.2. The number of aromatic nitrogens is 2. The number of carbonyl (C=O) groups excluding carboxylic acids is 1. The molecule has 0 amide bonds. The van der Waals surface area contributed by atoms with Gasteiger partial charge in [-0.25, -0.2) is 4.79 Å². The number of nitrogen functional groups attached to an aromatic ring is 1. The Morgan fingerprint density at radius 1 is 1.50 bits per heavy atom. The summed E-state index contributed by atoms with van der Waals surface area (Å²) in [5, 5.41) is 3.98. The van der Waals surface area contributed by atoms with Crippen molar-refractivity contribution in [3.63, 3.8) is 0 Å². The average molecular weight is 255 g/mol. The molecule has 0 unspecified atom stereocenters. The quantitative estimate of drug-likeness (QED) is 0.587. The predicted octanol–water partition coefficient (Wildman–Crippen LogP) is 1.31. The summed E-state index contributed by atoms with van der Waals surface area (Å²) in [6, 6.07) is 0. The molecule has 0 aliphatic carbocycles. The Labute approximate surface area is 107 Å². The van der Waals surface area contributed by atoms with Crippen LogP contribution in [0, 0.1) is 5.92 Å². The first-order valence-electron chi connectivity index (χ1n) is 6.12. The standard InChI is InChI=1S/C12H21N3O3/c1-4-15-11(10(13)7-14-15)12(16)18-6-5-17-8-9(2)3/h7,9H,4-6,8,13H2,1-3H3. The summed E-state index contributed by atoms with van der Waals surface area (Å²) in [5.41, 5.74) is 6.32. The van der Waals surface area contributed by atoms with E-state index in [2.05, 4.69) is 18.9 Å². The highest BCUT2D eigenvalue weighted by molar-refractivity contribution is 5.93. The van der Waals surface area contributed by atoms with E-state index in [-0.39, 0.29) is 6.61 Å². The second kappa shape index (κ2) is 7.00. The molecule has 0 spiro atoms. The predicted molar refractivity (Wildman–Crippen MR) is 68.3 cm³/mol. The number of anilines is 1. The van der Waals surface area contributed by atoms with Crippen molar-refractivity contribution in [1.82, 2.24) is 9.78 Å². The third-order valence-electron chi connectivity index (χ3n) is 2.27. The van der Waals surface area contributed by atoms with Crippen molar-refractivity contribution >= 4 is 11.7 Å². The smallest absolute Gasteiger partial charge is 0.358 e. The molecule has 0 saturated carbocycles. The van der Waals surface area contributed by atoms with Gasteiger partial charge in [-0.15, -0.1) is 0 Å². The monoisotopic (exact) mass is 255 g/mol. The third kappa shape index (κ3) is 4.03. The molecule has 0 atom stereocenters. The zero-order valence-corrected chi connectivity index (χ0v) is 11.2. The molecule has 0 fully saturated rings. The topological polar surface area (TPSA) is 79.4 Å². The maximum absolute atomic E-state index is 11.8. The molecule has 6 nitrogen and oxygen atoms in total. The van der Waals surface area contributed by atoms with Crippen LogP contribution in [0.25, 0.3) is 0 Å². The summed E-state index contributed by atoms with van der Waals surface area (Å²) in [7, 11) is 0. The van der Waals surface area contributed by atoms with E-state index in [1.807, 2.05) is 6.92 Å². The van der Waals surface area contributed by atoms with Gasteiger partial charge in [0.1, 0.15) is 6.61 Å². The fourth-order valence-corrected chi connectivity index (χ4v) is 1.44. The van der Waals surface area contributed by atoms with Crippen LogP contribution in [-0.2, 0) is 16.0 Å². The largest absolute Gasteiger partial charge is 0.458 e.